The van der Waals surface area contributed by atoms with Crippen LogP contribution in [0.4, 0.5) is 0 Å². The summed E-state index contributed by atoms with van der Waals surface area (Å²) in [6.45, 7) is 0.671. The lowest BCUT2D eigenvalue weighted by atomic mass is 9.89. The number of hydrogen-bond donors (Lipinski definition) is 1. The van der Waals surface area contributed by atoms with Crippen LogP contribution in [0, 0.1) is 17.2 Å². The van der Waals surface area contributed by atoms with Gasteiger partial charge in [0.1, 0.15) is 11.8 Å². The highest BCUT2D eigenvalue weighted by atomic mass is 35.5. The first-order chi connectivity index (χ1) is 9.19. The van der Waals surface area contributed by atoms with Gasteiger partial charge in [-0.25, -0.2) is 4.98 Å². The highest BCUT2D eigenvalue weighted by molar-refractivity contribution is 6.20. The standard InChI is InChI=1S/C14H16ClN3O/c15-12-4-1-10(2-5-12)8-18-14(19)13-6-3-11(7-16)9-17-13/h3,6,9-10,12H,1-2,4-5,8H2,(H,18,19). The van der Waals surface area contributed by atoms with E-state index in [0.29, 0.717) is 29.1 Å². The molecule has 0 atom stereocenters. The van der Waals surface area contributed by atoms with Crippen molar-refractivity contribution in [1.82, 2.24) is 10.3 Å². The number of hydrogen-bond acceptors (Lipinski definition) is 3. The molecule has 1 aliphatic carbocycles. The van der Waals surface area contributed by atoms with Crippen LogP contribution in [0.15, 0.2) is 18.3 Å². The summed E-state index contributed by atoms with van der Waals surface area (Å²) in [5.41, 5.74) is 0.807. The van der Waals surface area contributed by atoms with Crippen molar-refractivity contribution >= 4 is 17.5 Å². The summed E-state index contributed by atoms with van der Waals surface area (Å²) in [7, 11) is 0. The number of carbonyl (C=O) groups is 1. The molecule has 4 nitrogen and oxygen atoms in total. The molecule has 1 amide bonds. The molecule has 0 saturated heterocycles. The van der Waals surface area contributed by atoms with E-state index in [9.17, 15) is 4.79 Å². The molecule has 100 valence electrons. The number of nitriles is 1. The SMILES string of the molecule is N#Cc1ccc(C(=O)NCC2CCC(Cl)CC2)nc1. The average molecular weight is 278 g/mol. The number of amides is 1. The molecule has 1 aliphatic rings. The number of pyridine rings is 1. The van der Waals surface area contributed by atoms with E-state index in [0.717, 1.165) is 25.7 Å². The lowest BCUT2D eigenvalue weighted by molar-refractivity contribution is 0.0939. The Labute approximate surface area is 117 Å². The van der Waals surface area contributed by atoms with Crippen LogP contribution in [0.25, 0.3) is 0 Å². The van der Waals surface area contributed by atoms with Gasteiger partial charge in [-0.05, 0) is 43.7 Å². The molecular weight excluding hydrogens is 262 g/mol. The number of nitrogens with zero attached hydrogens (tertiary/aromatic N) is 2. The first kappa shape index (κ1) is 13.8. The van der Waals surface area contributed by atoms with Crippen LogP contribution in [-0.2, 0) is 0 Å². The number of nitrogens with one attached hydrogen (secondary N) is 1. The summed E-state index contributed by atoms with van der Waals surface area (Å²) in [5.74, 6) is 0.329. The minimum Gasteiger partial charge on any atom is -0.350 e. The van der Waals surface area contributed by atoms with Crippen LogP contribution in [-0.4, -0.2) is 22.8 Å². The lowest BCUT2D eigenvalue weighted by Gasteiger charge is -2.24. The van der Waals surface area contributed by atoms with Crippen molar-refractivity contribution in [3.8, 4) is 6.07 Å². The fraction of sp³-hybridized carbons (Fsp3) is 0.500. The van der Waals surface area contributed by atoms with E-state index in [1.165, 1.54) is 6.20 Å². The van der Waals surface area contributed by atoms with E-state index in [1.807, 2.05) is 6.07 Å². The molecule has 1 saturated carbocycles. The number of aromatic nitrogens is 1. The van der Waals surface area contributed by atoms with Gasteiger partial charge in [0.2, 0.25) is 0 Å². The van der Waals surface area contributed by atoms with Gasteiger partial charge in [0.15, 0.2) is 0 Å². The second kappa shape index (κ2) is 6.53. The molecule has 5 heteroatoms. The molecule has 0 spiro atoms. The van der Waals surface area contributed by atoms with E-state index in [4.69, 9.17) is 16.9 Å². The van der Waals surface area contributed by atoms with E-state index in [1.54, 1.807) is 12.1 Å². The maximum atomic E-state index is 11.9. The number of halogens is 1. The Balaban J connectivity index is 1.82. The Hall–Kier alpha value is -1.60. The second-order valence-corrected chi connectivity index (χ2v) is 5.49. The van der Waals surface area contributed by atoms with Gasteiger partial charge in [0, 0.05) is 18.1 Å². The van der Waals surface area contributed by atoms with Crippen LogP contribution in [0.3, 0.4) is 0 Å². The van der Waals surface area contributed by atoms with Crippen molar-refractivity contribution < 1.29 is 4.79 Å². The molecule has 1 aromatic heterocycles. The predicted octanol–water partition coefficient (Wildman–Crippen LogP) is 2.48. The molecule has 0 aromatic carbocycles. The van der Waals surface area contributed by atoms with Gasteiger partial charge in [0.25, 0.3) is 5.91 Å². The number of carbonyl (C=O) groups excluding carboxylic acids is 1. The average Bonchev–Trinajstić information content (AvgIpc) is 2.46. The number of rotatable bonds is 3. The maximum Gasteiger partial charge on any atom is 0.269 e. The molecule has 0 radical (unpaired) electrons. The topological polar surface area (TPSA) is 65.8 Å². The van der Waals surface area contributed by atoms with Gasteiger partial charge in [-0.2, -0.15) is 5.26 Å². The zero-order valence-electron chi connectivity index (χ0n) is 10.6. The maximum absolute atomic E-state index is 11.9. The van der Waals surface area contributed by atoms with Crippen molar-refractivity contribution in [2.45, 2.75) is 31.1 Å². The van der Waals surface area contributed by atoms with Crippen molar-refractivity contribution in [3.63, 3.8) is 0 Å². The van der Waals surface area contributed by atoms with Crippen LogP contribution < -0.4 is 5.32 Å². The van der Waals surface area contributed by atoms with Gasteiger partial charge in [-0.3, -0.25) is 4.79 Å². The van der Waals surface area contributed by atoms with Crippen molar-refractivity contribution in [1.29, 1.82) is 5.26 Å². The van der Waals surface area contributed by atoms with Gasteiger partial charge in [-0.1, -0.05) is 0 Å². The number of alkyl halides is 1. The van der Waals surface area contributed by atoms with Gasteiger partial charge in [-0.15, -0.1) is 11.6 Å². The Morgan fingerprint density at radius 2 is 2.16 bits per heavy atom. The minimum absolute atomic E-state index is 0.183. The van der Waals surface area contributed by atoms with E-state index in [2.05, 4.69) is 10.3 Å². The van der Waals surface area contributed by atoms with Crippen LogP contribution in [0.5, 0.6) is 0 Å². The molecule has 1 aromatic rings. The van der Waals surface area contributed by atoms with E-state index < -0.39 is 0 Å². The molecule has 0 unspecified atom stereocenters. The highest BCUT2D eigenvalue weighted by Crippen LogP contribution is 2.26. The van der Waals surface area contributed by atoms with Crippen LogP contribution in [0.2, 0.25) is 0 Å². The van der Waals surface area contributed by atoms with Crippen LogP contribution >= 0.6 is 11.6 Å². The summed E-state index contributed by atoms with van der Waals surface area (Å²) < 4.78 is 0. The van der Waals surface area contributed by atoms with Gasteiger partial charge in [0.05, 0.1) is 5.56 Å². The fourth-order valence-electron chi connectivity index (χ4n) is 2.25. The molecule has 1 fully saturated rings. The zero-order valence-corrected chi connectivity index (χ0v) is 11.4. The van der Waals surface area contributed by atoms with Crippen molar-refractivity contribution in [2.75, 3.05) is 6.54 Å². The minimum atomic E-state index is -0.183. The van der Waals surface area contributed by atoms with Crippen molar-refractivity contribution in [2.24, 2.45) is 5.92 Å². The first-order valence-corrected chi connectivity index (χ1v) is 6.91. The molecule has 1 N–H and O–H groups in total. The quantitative estimate of drug-likeness (QED) is 0.863. The third kappa shape index (κ3) is 3.93. The third-order valence-corrected chi connectivity index (χ3v) is 3.89. The summed E-state index contributed by atoms with van der Waals surface area (Å²) in [5, 5.41) is 11.9. The Kier molecular flexibility index (Phi) is 4.75. The zero-order chi connectivity index (χ0) is 13.7. The summed E-state index contributed by atoms with van der Waals surface area (Å²) in [4.78, 5) is 15.8. The highest BCUT2D eigenvalue weighted by Gasteiger charge is 2.20. The molecule has 1 heterocycles. The predicted molar refractivity (Wildman–Crippen MR) is 72.9 cm³/mol. The Morgan fingerprint density at radius 1 is 1.42 bits per heavy atom. The molecule has 19 heavy (non-hydrogen) atoms. The van der Waals surface area contributed by atoms with Crippen molar-refractivity contribution in [3.05, 3.63) is 29.6 Å². The van der Waals surface area contributed by atoms with Crippen LogP contribution in [0.1, 0.15) is 41.7 Å². The summed E-state index contributed by atoms with van der Waals surface area (Å²) in [6, 6.07) is 5.15. The molecular formula is C14H16ClN3O. The first-order valence-electron chi connectivity index (χ1n) is 6.47. The Bertz CT molecular complexity index is 472. The smallest absolute Gasteiger partial charge is 0.269 e. The second-order valence-electron chi connectivity index (χ2n) is 4.87. The van der Waals surface area contributed by atoms with E-state index in [-0.39, 0.29) is 5.91 Å². The normalized spacial score (nSPS) is 22.5. The van der Waals surface area contributed by atoms with E-state index >= 15 is 0 Å². The summed E-state index contributed by atoms with van der Waals surface area (Å²) in [6.07, 6.45) is 5.59. The third-order valence-electron chi connectivity index (χ3n) is 3.45. The lowest BCUT2D eigenvalue weighted by Crippen LogP contribution is -2.31. The molecule has 0 aliphatic heterocycles. The Morgan fingerprint density at radius 3 is 2.74 bits per heavy atom. The monoisotopic (exact) mass is 277 g/mol. The van der Waals surface area contributed by atoms with Gasteiger partial charge >= 0.3 is 0 Å². The van der Waals surface area contributed by atoms with Gasteiger partial charge < -0.3 is 5.32 Å². The summed E-state index contributed by atoms with van der Waals surface area (Å²) >= 11 is 6.05. The largest absolute Gasteiger partial charge is 0.350 e. The fourth-order valence-corrected chi connectivity index (χ4v) is 2.50. The molecule has 2 rings (SSSR count). The molecule has 0 bridgehead atoms.